The number of hydrogen-bond donors (Lipinski definition) is 3. The zero-order chi connectivity index (χ0) is 19.7. The number of carbonyl (C=O) groups excluding carboxylic acids is 2. The van der Waals surface area contributed by atoms with Crippen molar-refractivity contribution in [3.63, 3.8) is 0 Å². The van der Waals surface area contributed by atoms with Crippen LogP contribution in [-0.4, -0.2) is 34.9 Å². The van der Waals surface area contributed by atoms with Crippen LogP contribution in [0.1, 0.15) is 37.2 Å². The molecule has 146 valence electrons. The molecule has 1 aromatic carbocycles. The van der Waals surface area contributed by atoms with E-state index >= 15 is 0 Å². The van der Waals surface area contributed by atoms with Crippen LogP contribution in [0.25, 0.3) is 0 Å². The molecule has 1 atom stereocenters. The van der Waals surface area contributed by atoms with Gasteiger partial charge < -0.3 is 15.5 Å². The smallest absolute Gasteiger partial charge is 0.258 e. The van der Waals surface area contributed by atoms with Crippen molar-refractivity contribution < 1.29 is 9.59 Å². The van der Waals surface area contributed by atoms with Crippen molar-refractivity contribution >= 4 is 40.9 Å². The van der Waals surface area contributed by atoms with Crippen LogP contribution >= 0.6 is 11.6 Å². The van der Waals surface area contributed by atoms with Crippen molar-refractivity contribution in [2.24, 2.45) is 0 Å². The fourth-order valence-corrected chi connectivity index (χ4v) is 3.82. The summed E-state index contributed by atoms with van der Waals surface area (Å²) in [6.45, 7) is 1.60. The molecule has 0 aliphatic carbocycles. The lowest BCUT2D eigenvalue weighted by Gasteiger charge is -2.29. The summed E-state index contributed by atoms with van der Waals surface area (Å²) in [5, 5.41) is 5.84. The van der Waals surface area contributed by atoms with E-state index in [1.807, 2.05) is 4.90 Å². The lowest BCUT2D eigenvalue weighted by atomic mass is 9.92. The van der Waals surface area contributed by atoms with Gasteiger partial charge in [0, 0.05) is 30.2 Å². The zero-order valence-electron chi connectivity index (χ0n) is 15.1. The van der Waals surface area contributed by atoms with Gasteiger partial charge in [-0.3, -0.25) is 19.4 Å². The fourth-order valence-electron chi connectivity index (χ4n) is 3.63. The van der Waals surface area contributed by atoms with E-state index in [-0.39, 0.29) is 23.7 Å². The molecule has 0 bridgehead atoms. The van der Waals surface area contributed by atoms with Crippen LogP contribution in [0.2, 0.25) is 5.02 Å². The largest absolute Gasteiger partial charge is 0.342 e. The first-order valence-electron chi connectivity index (χ1n) is 9.27. The van der Waals surface area contributed by atoms with Crippen LogP contribution < -0.4 is 21.1 Å². The number of hydrogen-bond acceptors (Lipinski definition) is 5. The Morgan fingerprint density at radius 3 is 2.75 bits per heavy atom. The van der Waals surface area contributed by atoms with E-state index in [9.17, 15) is 14.4 Å². The monoisotopic (exact) mass is 401 g/mol. The Morgan fingerprint density at radius 1 is 1.21 bits per heavy atom. The fraction of sp³-hybridized carbons (Fsp3) is 0.368. The molecule has 0 saturated carbocycles. The standard InChI is InChI=1S/C19H20ClN5O3/c20-11-5-4-6-12(9-11)21-17(27)13-10-14(26)22-16-15(13)18(28)24-19(23-16)25-7-2-1-3-8-25/h4-6,9,13H,1-3,7-8,10H2,(H,21,27)(H2,22,23,24,26,28). The number of piperidine rings is 1. The summed E-state index contributed by atoms with van der Waals surface area (Å²) in [6.07, 6.45) is 3.08. The summed E-state index contributed by atoms with van der Waals surface area (Å²) in [5.74, 6) is -1.13. The van der Waals surface area contributed by atoms with E-state index in [0.717, 1.165) is 32.4 Å². The number of nitrogens with one attached hydrogen (secondary N) is 3. The van der Waals surface area contributed by atoms with Crippen LogP contribution in [0, 0.1) is 0 Å². The minimum absolute atomic E-state index is 0.118. The summed E-state index contributed by atoms with van der Waals surface area (Å²) in [4.78, 5) is 47.0. The number of benzene rings is 1. The highest BCUT2D eigenvalue weighted by atomic mass is 35.5. The number of anilines is 3. The van der Waals surface area contributed by atoms with Gasteiger partial charge in [0.05, 0.1) is 11.5 Å². The predicted octanol–water partition coefficient (Wildman–Crippen LogP) is 2.48. The molecule has 4 rings (SSSR count). The second kappa shape index (κ2) is 7.63. The molecular formula is C19H20ClN5O3. The normalized spacial score (nSPS) is 19.0. The number of aromatic amines is 1. The average Bonchev–Trinajstić information content (AvgIpc) is 2.67. The maximum Gasteiger partial charge on any atom is 0.258 e. The molecule has 28 heavy (non-hydrogen) atoms. The van der Waals surface area contributed by atoms with Crippen LogP contribution in [0.4, 0.5) is 17.5 Å². The van der Waals surface area contributed by atoms with Crippen LogP contribution in [0.15, 0.2) is 29.1 Å². The highest BCUT2D eigenvalue weighted by Gasteiger charge is 2.35. The minimum atomic E-state index is -0.922. The molecule has 3 N–H and O–H groups in total. The molecule has 1 unspecified atom stereocenters. The van der Waals surface area contributed by atoms with Gasteiger partial charge in [0.15, 0.2) is 0 Å². The van der Waals surface area contributed by atoms with Crippen molar-refractivity contribution in [3.05, 3.63) is 45.2 Å². The number of fused-ring (bicyclic) bond motifs is 1. The number of carbonyl (C=O) groups is 2. The Balaban J connectivity index is 1.65. The lowest BCUT2D eigenvalue weighted by molar-refractivity contribution is -0.123. The first-order valence-corrected chi connectivity index (χ1v) is 9.64. The minimum Gasteiger partial charge on any atom is -0.342 e. The van der Waals surface area contributed by atoms with E-state index in [2.05, 4.69) is 20.6 Å². The number of amides is 2. The van der Waals surface area contributed by atoms with Gasteiger partial charge in [-0.05, 0) is 37.5 Å². The van der Waals surface area contributed by atoms with Gasteiger partial charge in [-0.1, -0.05) is 17.7 Å². The Hall–Kier alpha value is -2.87. The topological polar surface area (TPSA) is 107 Å². The molecule has 1 aromatic heterocycles. The molecule has 1 fully saturated rings. The van der Waals surface area contributed by atoms with Crippen LogP contribution in [0.3, 0.4) is 0 Å². The lowest BCUT2D eigenvalue weighted by Crippen LogP contribution is -2.38. The maximum atomic E-state index is 12.8. The van der Waals surface area contributed by atoms with E-state index in [4.69, 9.17) is 11.6 Å². The molecule has 8 nitrogen and oxygen atoms in total. The summed E-state index contributed by atoms with van der Waals surface area (Å²) >= 11 is 5.95. The number of halogens is 1. The molecule has 2 aliphatic heterocycles. The molecule has 2 amide bonds. The van der Waals surface area contributed by atoms with Crippen molar-refractivity contribution in [2.75, 3.05) is 28.6 Å². The third-order valence-electron chi connectivity index (χ3n) is 5.00. The first-order chi connectivity index (χ1) is 13.5. The summed E-state index contributed by atoms with van der Waals surface area (Å²) in [5.41, 5.74) is 0.274. The summed E-state index contributed by atoms with van der Waals surface area (Å²) < 4.78 is 0. The van der Waals surface area contributed by atoms with E-state index in [0.29, 0.717) is 16.7 Å². The molecule has 9 heteroatoms. The zero-order valence-corrected chi connectivity index (χ0v) is 15.9. The Kier molecular flexibility index (Phi) is 5.04. The Morgan fingerprint density at radius 2 is 2.00 bits per heavy atom. The van der Waals surface area contributed by atoms with Gasteiger partial charge in [-0.2, -0.15) is 4.98 Å². The second-order valence-electron chi connectivity index (χ2n) is 7.00. The number of aromatic nitrogens is 2. The van der Waals surface area contributed by atoms with Crippen molar-refractivity contribution in [2.45, 2.75) is 31.6 Å². The highest BCUT2D eigenvalue weighted by molar-refractivity contribution is 6.30. The Bertz CT molecular complexity index is 984. The molecule has 0 radical (unpaired) electrons. The summed E-state index contributed by atoms with van der Waals surface area (Å²) in [6, 6.07) is 6.69. The number of rotatable bonds is 3. The van der Waals surface area contributed by atoms with Gasteiger partial charge >= 0.3 is 0 Å². The van der Waals surface area contributed by atoms with Gasteiger partial charge in [0.2, 0.25) is 17.8 Å². The van der Waals surface area contributed by atoms with Crippen molar-refractivity contribution in [1.29, 1.82) is 0 Å². The third-order valence-corrected chi connectivity index (χ3v) is 5.24. The average molecular weight is 402 g/mol. The Labute approximate surface area is 166 Å². The molecule has 2 aromatic rings. The molecule has 0 spiro atoms. The van der Waals surface area contributed by atoms with Crippen LogP contribution in [-0.2, 0) is 9.59 Å². The molecule has 1 saturated heterocycles. The maximum absolute atomic E-state index is 12.8. The van der Waals surface area contributed by atoms with E-state index in [1.54, 1.807) is 24.3 Å². The van der Waals surface area contributed by atoms with Gasteiger partial charge in [-0.25, -0.2) is 0 Å². The van der Waals surface area contributed by atoms with Gasteiger partial charge in [0.1, 0.15) is 5.82 Å². The number of H-pyrrole nitrogens is 1. The van der Waals surface area contributed by atoms with E-state index in [1.165, 1.54) is 0 Å². The SMILES string of the molecule is O=C1CC(C(=O)Nc2cccc(Cl)c2)c2c(nc(N3CCCCC3)[nH]c2=O)N1. The van der Waals surface area contributed by atoms with E-state index < -0.39 is 17.4 Å². The molecular weight excluding hydrogens is 382 g/mol. The quantitative estimate of drug-likeness (QED) is 0.732. The first kappa shape index (κ1) is 18.5. The molecule has 2 aliphatic rings. The molecule has 3 heterocycles. The number of nitrogens with zero attached hydrogens (tertiary/aromatic N) is 2. The van der Waals surface area contributed by atoms with Gasteiger partial charge in [0.25, 0.3) is 5.56 Å². The summed E-state index contributed by atoms with van der Waals surface area (Å²) in [7, 11) is 0. The van der Waals surface area contributed by atoms with Crippen LogP contribution in [0.5, 0.6) is 0 Å². The predicted molar refractivity (Wildman–Crippen MR) is 107 cm³/mol. The van der Waals surface area contributed by atoms with Crippen molar-refractivity contribution in [1.82, 2.24) is 9.97 Å². The highest BCUT2D eigenvalue weighted by Crippen LogP contribution is 2.30. The second-order valence-corrected chi connectivity index (χ2v) is 7.44. The van der Waals surface area contributed by atoms with Crippen molar-refractivity contribution in [3.8, 4) is 0 Å². The third kappa shape index (κ3) is 3.73. The van der Waals surface area contributed by atoms with Gasteiger partial charge in [-0.15, -0.1) is 0 Å².